The van der Waals surface area contributed by atoms with E-state index in [2.05, 4.69) is 10.3 Å². The molecule has 3 N–H and O–H groups in total. The number of halogens is 3. The minimum atomic E-state index is -4.46. The van der Waals surface area contributed by atoms with Crippen LogP contribution in [0.5, 0.6) is 5.75 Å². The van der Waals surface area contributed by atoms with Crippen molar-refractivity contribution in [1.82, 2.24) is 10.3 Å². The number of fused-ring (bicyclic) bond motifs is 1. The Kier molecular flexibility index (Phi) is 6.37. The molecular formula is C25H26F3N3O. The maximum absolute atomic E-state index is 13.2. The summed E-state index contributed by atoms with van der Waals surface area (Å²) in [5.41, 5.74) is 9.51. The number of aromatic nitrogens is 1. The number of nitrogens with one attached hydrogen (secondary N) is 1. The molecule has 0 saturated carbocycles. The SMILES string of the molecule is Cc1ccc2c(OCCC(=C3CCNCC3)c3ccc(C(F)(F)F)c(N)c3)cccc2n1. The number of benzene rings is 2. The average Bonchev–Trinajstić information content (AvgIpc) is 2.76. The molecule has 2 heterocycles. The van der Waals surface area contributed by atoms with Crippen molar-refractivity contribution in [2.45, 2.75) is 32.4 Å². The third kappa shape index (κ3) is 4.88. The Morgan fingerprint density at radius 2 is 1.88 bits per heavy atom. The van der Waals surface area contributed by atoms with E-state index in [1.54, 1.807) is 0 Å². The Labute approximate surface area is 185 Å². The molecule has 0 radical (unpaired) electrons. The zero-order chi connectivity index (χ0) is 22.7. The van der Waals surface area contributed by atoms with Gasteiger partial charge in [0, 0.05) is 23.2 Å². The molecule has 3 aromatic rings. The standard InChI is InChI=1S/C25H26F3N3O/c1-16-5-7-20-23(31-16)3-2-4-24(20)32-14-11-19(17-9-12-30-13-10-17)18-6-8-21(22(29)15-18)25(26,27)28/h2-8,15,30H,9-14,29H2,1H3. The molecule has 1 aromatic heterocycles. The summed E-state index contributed by atoms with van der Waals surface area (Å²) in [6, 6.07) is 13.7. The first-order valence-electron chi connectivity index (χ1n) is 10.7. The number of nitrogens with zero attached hydrogens (tertiary/aromatic N) is 1. The minimum Gasteiger partial charge on any atom is -0.493 e. The number of anilines is 1. The van der Waals surface area contributed by atoms with E-state index in [0.29, 0.717) is 13.0 Å². The summed E-state index contributed by atoms with van der Waals surface area (Å²) in [6.07, 6.45) is -2.17. The number of rotatable bonds is 5. The molecule has 2 aromatic carbocycles. The van der Waals surface area contributed by atoms with E-state index in [1.165, 1.54) is 17.7 Å². The molecule has 4 rings (SSSR count). The summed E-state index contributed by atoms with van der Waals surface area (Å²) in [5, 5.41) is 4.26. The quantitative estimate of drug-likeness (QED) is 0.495. The van der Waals surface area contributed by atoms with Gasteiger partial charge in [0.1, 0.15) is 5.75 Å². The second kappa shape index (κ2) is 9.20. The molecule has 0 atom stereocenters. The average molecular weight is 441 g/mol. The van der Waals surface area contributed by atoms with E-state index in [1.807, 2.05) is 37.3 Å². The molecular weight excluding hydrogens is 415 g/mol. The van der Waals surface area contributed by atoms with Gasteiger partial charge in [-0.15, -0.1) is 0 Å². The van der Waals surface area contributed by atoms with Crippen molar-refractivity contribution >= 4 is 22.2 Å². The molecule has 1 aliphatic heterocycles. The predicted octanol–water partition coefficient (Wildman–Crippen LogP) is 5.75. The Morgan fingerprint density at radius 1 is 1.09 bits per heavy atom. The van der Waals surface area contributed by atoms with E-state index in [9.17, 15) is 13.2 Å². The Hall–Kier alpha value is -3.06. The molecule has 0 spiro atoms. The Morgan fingerprint density at radius 3 is 2.59 bits per heavy atom. The number of hydrogen-bond donors (Lipinski definition) is 2. The molecule has 1 saturated heterocycles. The van der Waals surface area contributed by atoms with Crippen LogP contribution in [-0.2, 0) is 6.18 Å². The first kappa shape index (κ1) is 22.1. The van der Waals surface area contributed by atoms with Crippen LogP contribution in [0.1, 0.15) is 36.1 Å². The lowest BCUT2D eigenvalue weighted by Gasteiger charge is -2.22. The van der Waals surface area contributed by atoms with Gasteiger partial charge in [-0.1, -0.05) is 17.7 Å². The van der Waals surface area contributed by atoms with Gasteiger partial charge in [-0.25, -0.2) is 0 Å². The summed E-state index contributed by atoms with van der Waals surface area (Å²) < 4.78 is 45.6. The molecule has 0 bridgehead atoms. The number of nitrogens with two attached hydrogens (primary N) is 1. The summed E-state index contributed by atoms with van der Waals surface area (Å²) in [6.45, 7) is 4.05. The zero-order valence-electron chi connectivity index (χ0n) is 17.9. The van der Waals surface area contributed by atoms with Crippen molar-refractivity contribution in [3.05, 3.63) is 70.9 Å². The molecule has 32 heavy (non-hydrogen) atoms. The van der Waals surface area contributed by atoms with Crippen LogP contribution >= 0.6 is 0 Å². The smallest absolute Gasteiger partial charge is 0.418 e. The first-order chi connectivity index (χ1) is 15.3. The van der Waals surface area contributed by atoms with Crippen LogP contribution < -0.4 is 15.8 Å². The lowest BCUT2D eigenvalue weighted by atomic mass is 9.91. The molecule has 4 nitrogen and oxygen atoms in total. The minimum absolute atomic E-state index is 0.251. The summed E-state index contributed by atoms with van der Waals surface area (Å²) in [5.74, 6) is 0.747. The highest BCUT2D eigenvalue weighted by atomic mass is 19.4. The van der Waals surface area contributed by atoms with Crippen LogP contribution in [0, 0.1) is 6.92 Å². The van der Waals surface area contributed by atoms with E-state index < -0.39 is 11.7 Å². The highest BCUT2D eigenvalue weighted by Gasteiger charge is 2.33. The van der Waals surface area contributed by atoms with Gasteiger partial charge in [-0.2, -0.15) is 13.2 Å². The van der Waals surface area contributed by atoms with Crippen LogP contribution in [-0.4, -0.2) is 24.7 Å². The van der Waals surface area contributed by atoms with E-state index >= 15 is 0 Å². The fraction of sp³-hybridized carbons (Fsp3) is 0.320. The fourth-order valence-electron chi connectivity index (χ4n) is 4.18. The molecule has 0 amide bonds. The second-order valence-electron chi connectivity index (χ2n) is 8.01. The van der Waals surface area contributed by atoms with Crippen LogP contribution in [0.25, 0.3) is 16.5 Å². The molecule has 0 unspecified atom stereocenters. The molecule has 0 aliphatic carbocycles. The van der Waals surface area contributed by atoms with Gasteiger partial charge in [0.05, 0.1) is 17.7 Å². The van der Waals surface area contributed by atoms with Gasteiger partial charge < -0.3 is 15.8 Å². The third-order valence-electron chi connectivity index (χ3n) is 5.78. The fourth-order valence-corrected chi connectivity index (χ4v) is 4.18. The van der Waals surface area contributed by atoms with Crippen molar-refractivity contribution in [3.63, 3.8) is 0 Å². The first-order valence-corrected chi connectivity index (χ1v) is 10.7. The van der Waals surface area contributed by atoms with Gasteiger partial charge in [-0.05, 0) is 80.4 Å². The summed E-state index contributed by atoms with van der Waals surface area (Å²) >= 11 is 0. The largest absolute Gasteiger partial charge is 0.493 e. The van der Waals surface area contributed by atoms with E-state index in [-0.39, 0.29) is 5.69 Å². The van der Waals surface area contributed by atoms with Crippen molar-refractivity contribution in [2.75, 3.05) is 25.4 Å². The van der Waals surface area contributed by atoms with Crippen molar-refractivity contribution in [2.24, 2.45) is 0 Å². The number of ether oxygens (including phenoxy) is 1. The lowest BCUT2D eigenvalue weighted by molar-refractivity contribution is -0.136. The molecule has 7 heteroatoms. The van der Waals surface area contributed by atoms with Gasteiger partial charge in [0.25, 0.3) is 0 Å². The second-order valence-corrected chi connectivity index (χ2v) is 8.01. The topological polar surface area (TPSA) is 60.2 Å². The zero-order valence-corrected chi connectivity index (χ0v) is 17.9. The van der Waals surface area contributed by atoms with Gasteiger partial charge in [0.15, 0.2) is 0 Å². The van der Waals surface area contributed by atoms with Gasteiger partial charge in [0.2, 0.25) is 0 Å². The summed E-state index contributed by atoms with van der Waals surface area (Å²) in [7, 11) is 0. The number of nitrogen functional groups attached to an aromatic ring is 1. The number of alkyl halides is 3. The predicted molar refractivity (Wildman–Crippen MR) is 121 cm³/mol. The maximum Gasteiger partial charge on any atom is 0.418 e. The molecule has 1 aliphatic rings. The van der Waals surface area contributed by atoms with Crippen molar-refractivity contribution < 1.29 is 17.9 Å². The number of pyridine rings is 1. The highest BCUT2D eigenvalue weighted by molar-refractivity contribution is 5.85. The van der Waals surface area contributed by atoms with Crippen LogP contribution in [0.4, 0.5) is 18.9 Å². The normalized spacial score (nSPS) is 14.6. The number of piperidine rings is 1. The monoisotopic (exact) mass is 441 g/mol. The Balaban J connectivity index is 1.59. The van der Waals surface area contributed by atoms with Gasteiger partial charge >= 0.3 is 6.18 Å². The number of aryl methyl sites for hydroxylation is 1. The van der Waals surface area contributed by atoms with Crippen LogP contribution in [0.15, 0.2) is 54.1 Å². The van der Waals surface area contributed by atoms with Crippen LogP contribution in [0.3, 0.4) is 0 Å². The van der Waals surface area contributed by atoms with Crippen molar-refractivity contribution in [1.29, 1.82) is 0 Å². The van der Waals surface area contributed by atoms with E-state index in [4.69, 9.17) is 10.5 Å². The van der Waals surface area contributed by atoms with Crippen LogP contribution in [0.2, 0.25) is 0 Å². The maximum atomic E-state index is 13.2. The molecule has 1 fully saturated rings. The van der Waals surface area contributed by atoms with E-state index in [0.717, 1.165) is 65.5 Å². The summed E-state index contributed by atoms with van der Waals surface area (Å²) in [4.78, 5) is 4.54. The molecule has 168 valence electrons. The lowest BCUT2D eigenvalue weighted by Crippen LogP contribution is -2.24. The number of hydrogen-bond acceptors (Lipinski definition) is 4. The van der Waals surface area contributed by atoms with Gasteiger partial charge in [-0.3, -0.25) is 4.98 Å². The highest BCUT2D eigenvalue weighted by Crippen LogP contribution is 2.37. The third-order valence-corrected chi connectivity index (χ3v) is 5.78. The van der Waals surface area contributed by atoms with Crippen molar-refractivity contribution in [3.8, 4) is 5.75 Å². The Bertz CT molecular complexity index is 1150.